The molecule has 0 aromatic heterocycles. The summed E-state index contributed by atoms with van der Waals surface area (Å²) in [6.45, 7) is 0. The van der Waals surface area contributed by atoms with E-state index >= 15 is 0 Å². The molecule has 86 valence electrons. The van der Waals surface area contributed by atoms with Crippen LogP contribution in [0.2, 0.25) is 0 Å². The zero-order valence-electron chi connectivity index (χ0n) is 9.09. The van der Waals surface area contributed by atoms with Crippen molar-refractivity contribution in [1.29, 1.82) is 0 Å². The SMILES string of the molecule is NC(=O)c1ccc2c(c1)CC1CC(=O)N=NC21. The maximum Gasteiger partial charge on any atom is 0.264 e. The van der Waals surface area contributed by atoms with Crippen LogP contribution in [0.5, 0.6) is 0 Å². The zero-order valence-corrected chi connectivity index (χ0v) is 9.09. The summed E-state index contributed by atoms with van der Waals surface area (Å²) in [6, 6.07) is 5.35. The Hall–Kier alpha value is -2.04. The highest BCUT2D eigenvalue weighted by molar-refractivity contribution is 5.93. The Balaban J connectivity index is 2.02. The molecule has 0 spiro atoms. The summed E-state index contributed by atoms with van der Waals surface area (Å²) in [6.07, 6.45) is 1.21. The van der Waals surface area contributed by atoms with Crippen LogP contribution in [0, 0.1) is 5.92 Å². The Kier molecular flexibility index (Phi) is 2.07. The number of primary amides is 1. The predicted octanol–water partition coefficient (Wildman–Crippen LogP) is 1.38. The summed E-state index contributed by atoms with van der Waals surface area (Å²) in [4.78, 5) is 22.3. The molecule has 1 aromatic carbocycles. The lowest BCUT2D eigenvalue weighted by Crippen LogP contribution is -2.14. The van der Waals surface area contributed by atoms with Crippen molar-refractivity contribution in [1.82, 2.24) is 0 Å². The fourth-order valence-corrected chi connectivity index (χ4v) is 2.60. The van der Waals surface area contributed by atoms with Gasteiger partial charge in [0.1, 0.15) is 6.04 Å². The Bertz CT molecular complexity index is 551. The Morgan fingerprint density at radius 2 is 2.18 bits per heavy atom. The third-order valence-electron chi connectivity index (χ3n) is 3.41. The molecule has 1 aliphatic heterocycles. The standard InChI is InChI=1S/C12H11N3O2/c13-12(17)6-1-2-9-7(3-6)4-8-5-10(16)14-15-11(8)9/h1-3,8,11H,4-5H2,(H2,13,17). The number of benzene rings is 1. The van der Waals surface area contributed by atoms with Gasteiger partial charge in [0.05, 0.1) is 0 Å². The van der Waals surface area contributed by atoms with Crippen LogP contribution in [0.15, 0.2) is 28.4 Å². The van der Waals surface area contributed by atoms with Gasteiger partial charge in [0.2, 0.25) is 5.91 Å². The van der Waals surface area contributed by atoms with E-state index in [-0.39, 0.29) is 17.9 Å². The monoisotopic (exact) mass is 229 g/mol. The number of amides is 2. The molecule has 0 radical (unpaired) electrons. The van der Waals surface area contributed by atoms with Gasteiger partial charge in [-0.3, -0.25) is 9.59 Å². The highest BCUT2D eigenvalue weighted by Crippen LogP contribution is 2.43. The molecule has 0 bridgehead atoms. The molecule has 2 atom stereocenters. The second-order valence-electron chi connectivity index (χ2n) is 4.50. The Morgan fingerprint density at radius 1 is 1.35 bits per heavy atom. The molecular weight excluding hydrogens is 218 g/mol. The molecule has 2 unspecified atom stereocenters. The average Bonchev–Trinajstić information content (AvgIpc) is 2.64. The van der Waals surface area contributed by atoms with E-state index in [1.807, 2.05) is 6.07 Å². The van der Waals surface area contributed by atoms with Gasteiger partial charge in [0.15, 0.2) is 0 Å². The molecular formula is C12H11N3O2. The third-order valence-corrected chi connectivity index (χ3v) is 3.41. The number of nitrogens with two attached hydrogens (primary N) is 1. The Morgan fingerprint density at radius 3 is 2.94 bits per heavy atom. The minimum Gasteiger partial charge on any atom is -0.366 e. The first kappa shape index (κ1) is 10.1. The number of fused-ring (bicyclic) bond motifs is 3. The molecule has 1 heterocycles. The molecule has 2 N–H and O–H groups in total. The number of carbonyl (C=O) groups is 2. The summed E-state index contributed by atoms with van der Waals surface area (Å²) in [5, 5.41) is 7.67. The van der Waals surface area contributed by atoms with Crippen molar-refractivity contribution in [2.45, 2.75) is 18.9 Å². The first-order chi connectivity index (χ1) is 8.15. The van der Waals surface area contributed by atoms with Crippen LogP contribution in [0.4, 0.5) is 0 Å². The highest BCUT2D eigenvalue weighted by Gasteiger charge is 2.36. The van der Waals surface area contributed by atoms with E-state index < -0.39 is 5.91 Å². The van der Waals surface area contributed by atoms with Crippen molar-refractivity contribution in [2.24, 2.45) is 21.9 Å². The molecule has 2 amide bonds. The highest BCUT2D eigenvalue weighted by atomic mass is 16.2. The van der Waals surface area contributed by atoms with Crippen LogP contribution in [0.25, 0.3) is 0 Å². The third kappa shape index (κ3) is 1.54. The maximum absolute atomic E-state index is 11.2. The molecule has 1 aromatic rings. The summed E-state index contributed by atoms with van der Waals surface area (Å²) >= 11 is 0. The average molecular weight is 229 g/mol. The number of hydrogen-bond acceptors (Lipinski definition) is 3. The molecule has 0 saturated heterocycles. The molecule has 17 heavy (non-hydrogen) atoms. The van der Waals surface area contributed by atoms with Crippen LogP contribution < -0.4 is 5.73 Å². The number of rotatable bonds is 1. The quantitative estimate of drug-likeness (QED) is 0.788. The van der Waals surface area contributed by atoms with E-state index in [4.69, 9.17) is 5.73 Å². The minimum absolute atomic E-state index is 0.0235. The van der Waals surface area contributed by atoms with Crippen LogP contribution in [0.3, 0.4) is 0 Å². The van der Waals surface area contributed by atoms with E-state index in [1.54, 1.807) is 12.1 Å². The summed E-state index contributed by atoms with van der Waals surface area (Å²) in [5.41, 5.74) is 7.87. The van der Waals surface area contributed by atoms with Gasteiger partial charge < -0.3 is 5.73 Å². The first-order valence-corrected chi connectivity index (χ1v) is 5.51. The van der Waals surface area contributed by atoms with Crippen LogP contribution in [0.1, 0.15) is 33.9 Å². The molecule has 0 fully saturated rings. The van der Waals surface area contributed by atoms with Gasteiger partial charge in [0, 0.05) is 17.9 Å². The normalized spacial score (nSPS) is 25.5. The van der Waals surface area contributed by atoms with E-state index in [0.717, 1.165) is 17.5 Å². The van der Waals surface area contributed by atoms with Gasteiger partial charge in [-0.25, -0.2) is 0 Å². The molecule has 5 heteroatoms. The van der Waals surface area contributed by atoms with Crippen LogP contribution in [-0.4, -0.2) is 11.8 Å². The summed E-state index contributed by atoms with van der Waals surface area (Å²) < 4.78 is 0. The topological polar surface area (TPSA) is 84.9 Å². The lowest BCUT2D eigenvalue weighted by Gasteiger charge is -2.16. The van der Waals surface area contributed by atoms with Gasteiger partial charge in [-0.2, -0.15) is 5.11 Å². The largest absolute Gasteiger partial charge is 0.366 e. The summed E-state index contributed by atoms with van der Waals surface area (Å²) in [7, 11) is 0. The summed E-state index contributed by atoms with van der Waals surface area (Å²) in [5.74, 6) is -0.396. The zero-order chi connectivity index (χ0) is 12.0. The van der Waals surface area contributed by atoms with Crippen LogP contribution in [-0.2, 0) is 11.2 Å². The smallest absolute Gasteiger partial charge is 0.264 e. The Labute approximate surface area is 97.7 Å². The molecule has 2 aliphatic rings. The minimum atomic E-state index is -0.430. The molecule has 3 rings (SSSR count). The fraction of sp³-hybridized carbons (Fsp3) is 0.333. The number of hydrogen-bond donors (Lipinski definition) is 1. The van der Waals surface area contributed by atoms with Crippen LogP contribution >= 0.6 is 0 Å². The predicted molar refractivity (Wildman–Crippen MR) is 59.4 cm³/mol. The van der Waals surface area contributed by atoms with Gasteiger partial charge in [-0.15, -0.1) is 5.11 Å². The van der Waals surface area contributed by atoms with E-state index in [2.05, 4.69) is 10.2 Å². The van der Waals surface area contributed by atoms with Crippen molar-refractivity contribution in [3.8, 4) is 0 Å². The molecule has 1 aliphatic carbocycles. The van der Waals surface area contributed by atoms with Gasteiger partial charge in [-0.1, -0.05) is 6.07 Å². The van der Waals surface area contributed by atoms with Crippen molar-refractivity contribution >= 4 is 11.8 Å². The van der Waals surface area contributed by atoms with E-state index in [1.165, 1.54) is 0 Å². The second kappa shape index (κ2) is 3.48. The van der Waals surface area contributed by atoms with Crippen molar-refractivity contribution in [3.63, 3.8) is 0 Å². The number of nitrogens with zero attached hydrogens (tertiary/aromatic N) is 2. The van der Waals surface area contributed by atoms with Crippen molar-refractivity contribution < 1.29 is 9.59 Å². The van der Waals surface area contributed by atoms with Gasteiger partial charge >= 0.3 is 0 Å². The van der Waals surface area contributed by atoms with Gasteiger partial charge in [0.25, 0.3) is 5.91 Å². The van der Waals surface area contributed by atoms with E-state index in [0.29, 0.717) is 12.0 Å². The second-order valence-corrected chi connectivity index (χ2v) is 4.50. The van der Waals surface area contributed by atoms with Crippen molar-refractivity contribution in [3.05, 3.63) is 34.9 Å². The van der Waals surface area contributed by atoms with Gasteiger partial charge in [-0.05, 0) is 29.7 Å². The lowest BCUT2D eigenvalue weighted by atomic mass is 9.96. The first-order valence-electron chi connectivity index (χ1n) is 5.51. The maximum atomic E-state index is 11.2. The molecule has 0 saturated carbocycles. The fourth-order valence-electron chi connectivity index (χ4n) is 2.60. The molecule has 5 nitrogen and oxygen atoms in total. The number of carbonyl (C=O) groups excluding carboxylic acids is 2. The van der Waals surface area contributed by atoms with E-state index in [9.17, 15) is 9.59 Å². The van der Waals surface area contributed by atoms with Crippen molar-refractivity contribution in [2.75, 3.05) is 0 Å². The number of azo groups is 1. The lowest BCUT2D eigenvalue weighted by molar-refractivity contribution is -0.120.